The Morgan fingerprint density at radius 2 is 2.17 bits per heavy atom. The molecule has 1 aliphatic heterocycles. The summed E-state index contributed by atoms with van der Waals surface area (Å²) in [4.78, 5) is 13.8. The lowest BCUT2D eigenvalue weighted by Crippen LogP contribution is -2.40. The minimum atomic E-state index is -0.919. The van der Waals surface area contributed by atoms with Crippen LogP contribution in [0, 0.1) is 11.6 Å². The third kappa shape index (κ3) is 2.67. The lowest BCUT2D eigenvalue weighted by atomic mass is 10.1. The molecule has 5 heteroatoms. The Hall–Kier alpha value is -1.49. The van der Waals surface area contributed by atoms with Crippen LogP contribution in [0.25, 0.3) is 0 Å². The normalized spacial score (nSPS) is 19.3. The van der Waals surface area contributed by atoms with Crippen LogP contribution in [0.2, 0.25) is 0 Å². The Kier molecular flexibility index (Phi) is 3.91. The Labute approximate surface area is 105 Å². The Bertz CT molecular complexity index is 451. The molecule has 0 saturated carbocycles. The molecule has 1 fully saturated rings. The van der Waals surface area contributed by atoms with Crippen molar-refractivity contribution >= 4 is 5.91 Å². The number of halogens is 2. The maximum absolute atomic E-state index is 13.0. The Morgan fingerprint density at radius 1 is 1.39 bits per heavy atom. The lowest BCUT2D eigenvalue weighted by molar-refractivity contribution is -0.131. The van der Waals surface area contributed by atoms with E-state index in [2.05, 4.69) is 0 Å². The Balaban J connectivity index is 2.04. The third-order valence-corrected chi connectivity index (χ3v) is 3.31. The number of likely N-dealkylation sites (tertiary alicyclic amines) is 1. The zero-order valence-corrected chi connectivity index (χ0v) is 10.0. The molecule has 0 aliphatic carbocycles. The average molecular weight is 254 g/mol. The fraction of sp³-hybridized carbons (Fsp3) is 0.462. The molecular formula is C13H16F2N2O. The molecule has 1 aromatic carbocycles. The van der Waals surface area contributed by atoms with Crippen molar-refractivity contribution in [2.75, 3.05) is 13.1 Å². The van der Waals surface area contributed by atoms with Gasteiger partial charge in [-0.05, 0) is 30.5 Å². The highest BCUT2D eigenvalue weighted by Crippen LogP contribution is 2.18. The summed E-state index contributed by atoms with van der Waals surface area (Å²) in [5, 5.41) is 0. The molecule has 1 amide bonds. The molecule has 1 saturated heterocycles. The van der Waals surface area contributed by atoms with Gasteiger partial charge < -0.3 is 10.6 Å². The highest BCUT2D eigenvalue weighted by atomic mass is 19.2. The molecule has 2 rings (SSSR count). The van der Waals surface area contributed by atoms with Crippen LogP contribution in [0.3, 0.4) is 0 Å². The number of rotatable bonds is 3. The van der Waals surface area contributed by atoms with Gasteiger partial charge in [-0.15, -0.1) is 0 Å². The molecule has 1 atom stereocenters. The summed E-state index contributed by atoms with van der Waals surface area (Å²) < 4.78 is 25.8. The van der Waals surface area contributed by atoms with Crippen LogP contribution < -0.4 is 5.73 Å². The number of carbonyl (C=O) groups excluding carboxylic acids is 1. The highest BCUT2D eigenvalue weighted by molar-refractivity contribution is 5.79. The Morgan fingerprint density at radius 3 is 2.83 bits per heavy atom. The van der Waals surface area contributed by atoms with Gasteiger partial charge in [0.1, 0.15) is 0 Å². The first-order valence-electron chi connectivity index (χ1n) is 6.05. The number of carbonyl (C=O) groups is 1. The molecule has 0 bridgehead atoms. The van der Waals surface area contributed by atoms with Crippen LogP contribution in [-0.4, -0.2) is 29.9 Å². The van der Waals surface area contributed by atoms with Crippen LogP contribution in [0.15, 0.2) is 18.2 Å². The monoisotopic (exact) mass is 254 g/mol. The van der Waals surface area contributed by atoms with E-state index in [0.717, 1.165) is 25.0 Å². The lowest BCUT2D eigenvalue weighted by Gasteiger charge is -2.23. The van der Waals surface area contributed by atoms with Gasteiger partial charge in [0.05, 0.1) is 6.42 Å². The SMILES string of the molecule is NCC1CCCN1C(=O)Cc1ccc(F)c(F)c1. The van der Waals surface area contributed by atoms with Crippen LogP contribution in [0.4, 0.5) is 8.78 Å². The van der Waals surface area contributed by atoms with E-state index < -0.39 is 11.6 Å². The molecule has 1 aromatic rings. The molecule has 0 aromatic heterocycles. The van der Waals surface area contributed by atoms with E-state index in [0.29, 0.717) is 18.7 Å². The second-order valence-corrected chi connectivity index (χ2v) is 4.54. The molecular weight excluding hydrogens is 238 g/mol. The summed E-state index contributed by atoms with van der Waals surface area (Å²) in [6.07, 6.45) is 1.96. The van der Waals surface area contributed by atoms with Gasteiger partial charge >= 0.3 is 0 Å². The predicted octanol–water partition coefficient (Wildman–Crippen LogP) is 1.46. The van der Waals surface area contributed by atoms with E-state index in [4.69, 9.17) is 5.73 Å². The average Bonchev–Trinajstić information content (AvgIpc) is 2.82. The molecule has 1 heterocycles. The van der Waals surface area contributed by atoms with Gasteiger partial charge in [0.15, 0.2) is 11.6 Å². The highest BCUT2D eigenvalue weighted by Gasteiger charge is 2.27. The largest absolute Gasteiger partial charge is 0.338 e. The molecule has 3 nitrogen and oxygen atoms in total. The number of hydrogen-bond acceptors (Lipinski definition) is 2. The molecule has 0 radical (unpaired) electrons. The summed E-state index contributed by atoms with van der Waals surface area (Å²) in [6.45, 7) is 1.15. The van der Waals surface area contributed by atoms with Crippen LogP contribution in [0.5, 0.6) is 0 Å². The number of nitrogens with zero attached hydrogens (tertiary/aromatic N) is 1. The summed E-state index contributed by atoms with van der Waals surface area (Å²) in [7, 11) is 0. The van der Waals surface area contributed by atoms with Crippen LogP contribution in [-0.2, 0) is 11.2 Å². The maximum atomic E-state index is 13.0. The zero-order chi connectivity index (χ0) is 13.1. The van der Waals surface area contributed by atoms with Crippen molar-refractivity contribution in [3.63, 3.8) is 0 Å². The van der Waals surface area contributed by atoms with Gasteiger partial charge in [-0.2, -0.15) is 0 Å². The molecule has 98 valence electrons. The van der Waals surface area contributed by atoms with Crippen molar-refractivity contribution in [2.24, 2.45) is 5.73 Å². The maximum Gasteiger partial charge on any atom is 0.227 e. The first kappa shape index (κ1) is 13.0. The molecule has 1 unspecified atom stereocenters. The third-order valence-electron chi connectivity index (χ3n) is 3.31. The van der Waals surface area contributed by atoms with Gasteiger partial charge in [0.2, 0.25) is 5.91 Å². The summed E-state index contributed by atoms with van der Waals surface area (Å²) >= 11 is 0. The van der Waals surface area contributed by atoms with Crippen molar-refractivity contribution in [2.45, 2.75) is 25.3 Å². The summed E-state index contributed by atoms with van der Waals surface area (Å²) in [5.41, 5.74) is 6.08. The van der Waals surface area contributed by atoms with Crippen molar-refractivity contribution in [3.8, 4) is 0 Å². The van der Waals surface area contributed by atoms with E-state index in [1.807, 2.05) is 0 Å². The minimum absolute atomic E-state index is 0.0750. The summed E-state index contributed by atoms with van der Waals surface area (Å²) in [5.74, 6) is -1.89. The van der Waals surface area contributed by atoms with E-state index in [-0.39, 0.29) is 18.4 Å². The van der Waals surface area contributed by atoms with Gasteiger partial charge in [-0.3, -0.25) is 4.79 Å². The van der Waals surface area contributed by atoms with Gasteiger partial charge in [0.25, 0.3) is 0 Å². The second kappa shape index (κ2) is 5.44. The van der Waals surface area contributed by atoms with E-state index in [1.54, 1.807) is 4.90 Å². The van der Waals surface area contributed by atoms with E-state index in [1.165, 1.54) is 6.07 Å². The van der Waals surface area contributed by atoms with Crippen molar-refractivity contribution < 1.29 is 13.6 Å². The van der Waals surface area contributed by atoms with E-state index in [9.17, 15) is 13.6 Å². The fourth-order valence-corrected chi connectivity index (χ4v) is 2.33. The van der Waals surface area contributed by atoms with Crippen molar-refractivity contribution in [1.29, 1.82) is 0 Å². The van der Waals surface area contributed by atoms with Crippen LogP contribution >= 0.6 is 0 Å². The molecule has 0 spiro atoms. The van der Waals surface area contributed by atoms with Gasteiger partial charge in [0, 0.05) is 19.1 Å². The smallest absolute Gasteiger partial charge is 0.227 e. The molecule has 2 N–H and O–H groups in total. The topological polar surface area (TPSA) is 46.3 Å². The van der Waals surface area contributed by atoms with E-state index >= 15 is 0 Å². The van der Waals surface area contributed by atoms with Crippen LogP contribution in [0.1, 0.15) is 18.4 Å². The molecule has 18 heavy (non-hydrogen) atoms. The first-order valence-corrected chi connectivity index (χ1v) is 6.05. The fourth-order valence-electron chi connectivity index (χ4n) is 2.33. The number of amides is 1. The zero-order valence-electron chi connectivity index (χ0n) is 10.0. The van der Waals surface area contributed by atoms with Crippen molar-refractivity contribution in [3.05, 3.63) is 35.4 Å². The molecule has 1 aliphatic rings. The quantitative estimate of drug-likeness (QED) is 0.887. The van der Waals surface area contributed by atoms with Crippen molar-refractivity contribution in [1.82, 2.24) is 4.90 Å². The predicted molar refractivity (Wildman–Crippen MR) is 63.9 cm³/mol. The van der Waals surface area contributed by atoms with Gasteiger partial charge in [-0.1, -0.05) is 6.07 Å². The first-order chi connectivity index (χ1) is 8.61. The minimum Gasteiger partial charge on any atom is -0.338 e. The number of hydrogen-bond donors (Lipinski definition) is 1. The number of benzene rings is 1. The second-order valence-electron chi connectivity index (χ2n) is 4.54. The standard InChI is InChI=1S/C13H16F2N2O/c14-11-4-3-9(6-12(11)15)7-13(18)17-5-1-2-10(17)8-16/h3-4,6,10H,1-2,5,7-8,16H2. The number of nitrogens with two attached hydrogens (primary N) is 1. The summed E-state index contributed by atoms with van der Waals surface area (Å²) in [6, 6.07) is 3.63. The van der Waals surface area contributed by atoms with Gasteiger partial charge in [-0.25, -0.2) is 8.78 Å².